The summed E-state index contributed by atoms with van der Waals surface area (Å²) in [5.41, 5.74) is 2.29. The number of nitrogens with zero attached hydrogens (tertiary/aromatic N) is 2. The molecular formula is C18H19N3O2S. The minimum Gasteiger partial charge on any atom is -0.277 e. The van der Waals surface area contributed by atoms with E-state index in [0.29, 0.717) is 11.4 Å². The zero-order valence-electron chi connectivity index (χ0n) is 13.4. The van der Waals surface area contributed by atoms with E-state index in [-0.39, 0.29) is 4.90 Å². The Morgan fingerprint density at radius 2 is 1.79 bits per heavy atom. The van der Waals surface area contributed by atoms with Gasteiger partial charge in [-0.05, 0) is 42.3 Å². The van der Waals surface area contributed by atoms with Gasteiger partial charge in [0.15, 0.2) is 0 Å². The third-order valence-electron chi connectivity index (χ3n) is 3.67. The Kier molecular flexibility index (Phi) is 4.66. The van der Waals surface area contributed by atoms with Gasteiger partial charge in [0.1, 0.15) is 0 Å². The van der Waals surface area contributed by atoms with E-state index in [9.17, 15) is 8.42 Å². The van der Waals surface area contributed by atoms with Gasteiger partial charge in [-0.2, -0.15) is 5.10 Å². The minimum absolute atomic E-state index is 0.248. The zero-order chi connectivity index (χ0) is 17.0. The highest BCUT2D eigenvalue weighted by Gasteiger charge is 2.16. The minimum atomic E-state index is -3.65. The van der Waals surface area contributed by atoms with Crippen LogP contribution < -0.4 is 4.72 Å². The van der Waals surface area contributed by atoms with Crippen LogP contribution in [0.5, 0.6) is 0 Å². The van der Waals surface area contributed by atoms with Gasteiger partial charge in [0.2, 0.25) is 0 Å². The Labute approximate surface area is 142 Å². The van der Waals surface area contributed by atoms with Gasteiger partial charge in [0, 0.05) is 12.4 Å². The Bertz CT molecular complexity index is 902. The molecule has 1 N–H and O–H groups in total. The molecule has 6 heteroatoms. The lowest BCUT2D eigenvalue weighted by Gasteiger charge is -2.13. The van der Waals surface area contributed by atoms with E-state index in [1.165, 1.54) is 0 Å². The van der Waals surface area contributed by atoms with Crippen molar-refractivity contribution in [1.29, 1.82) is 0 Å². The van der Waals surface area contributed by atoms with E-state index < -0.39 is 10.0 Å². The molecule has 124 valence electrons. The molecule has 3 aromatic rings. The van der Waals surface area contributed by atoms with Crippen molar-refractivity contribution in [2.75, 3.05) is 4.72 Å². The van der Waals surface area contributed by atoms with Crippen molar-refractivity contribution < 1.29 is 8.42 Å². The number of nitrogens with one attached hydrogen (secondary N) is 1. The van der Waals surface area contributed by atoms with Crippen LogP contribution in [0.1, 0.15) is 18.9 Å². The number of aromatic nitrogens is 2. The van der Waals surface area contributed by atoms with Crippen LogP contribution in [0.25, 0.3) is 5.69 Å². The highest BCUT2D eigenvalue weighted by atomic mass is 32.2. The zero-order valence-corrected chi connectivity index (χ0v) is 14.2. The van der Waals surface area contributed by atoms with Gasteiger partial charge < -0.3 is 0 Å². The lowest BCUT2D eigenvalue weighted by molar-refractivity contribution is 0.601. The second-order valence-corrected chi connectivity index (χ2v) is 7.15. The van der Waals surface area contributed by atoms with Crippen LogP contribution in [0, 0.1) is 0 Å². The Hall–Kier alpha value is -2.60. The van der Waals surface area contributed by atoms with Crippen molar-refractivity contribution >= 4 is 15.7 Å². The molecule has 0 amide bonds. The maximum atomic E-state index is 12.7. The van der Waals surface area contributed by atoms with Crippen LogP contribution >= 0.6 is 0 Å². The molecule has 0 atom stereocenters. The molecule has 0 unspecified atom stereocenters. The average molecular weight is 341 g/mol. The first-order valence-corrected chi connectivity index (χ1v) is 9.29. The highest BCUT2D eigenvalue weighted by Crippen LogP contribution is 2.23. The molecule has 3 rings (SSSR count). The predicted molar refractivity (Wildman–Crippen MR) is 94.8 cm³/mol. The van der Waals surface area contributed by atoms with Gasteiger partial charge in [-0.25, -0.2) is 13.1 Å². The Balaban J connectivity index is 1.90. The average Bonchev–Trinajstić information content (AvgIpc) is 3.10. The van der Waals surface area contributed by atoms with Crippen molar-refractivity contribution in [3.63, 3.8) is 0 Å². The molecule has 0 aliphatic heterocycles. The monoisotopic (exact) mass is 341 g/mol. The molecule has 1 heterocycles. The molecule has 5 nitrogen and oxygen atoms in total. The predicted octanol–water partition coefficient (Wildman–Crippen LogP) is 3.63. The van der Waals surface area contributed by atoms with Crippen LogP contribution in [-0.4, -0.2) is 18.2 Å². The van der Waals surface area contributed by atoms with Crippen molar-refractivity contribution in [1.82, 2.24) is 9.78 Å². The van der Waals surface area contributed by atoms with Crippen LogP contribution in [0.15, 0.2) is 71.9 Å². The molecule has 0 radical (unpaired) electrons. The van der Waals surface area contributed by atoms with Gasteiger partial charge >= 0.3 is 0 Å². The third kappa shape index (κ3) is 3.49. The van der Waals surface area contributed by atoms with E-state index in [0.717, 1.165) is 18.4 Å². The Morgan fingerprint density at radius 1 is 1.04 bits per heavy atom. The summed E-state index contributed by atoms with van der Waals surface area (Å²) in [6, 6.07) is 16.0. The van der Waals surface area contributed by atoms with Gasteiger partial charge in [0.05, 0.1) is 16.3 Å². The van der Waals surface area contributed by atoms with Crippen molar-refractivity contribution in [3.8, 4) is 5.69 Å². The maximum Gasteiger partial charge on any atom is 0.261 e. The molecule has 0 fully saturated rings. The van der Waals surface area contributed by atoms with Gasteiger partial charge in [-0.15, -0.1) is 0 Å². The van der Waals surface area contributed by atoms with E-state index in [4.69, 9.17) is 0 Å². The fraction of sp³-hybridized carbons (Fsp3) is 0.167. The van der Waals surface area contributed by atoms with Crippen LogP contribution in [-0.2, 0) is 16.4 Å². The normalized spacial score (nSPS) is 11.4. The highest BCUT2D eigenvalue weighted by molar-refractivity contribution is 7.92. The van der Waals surface area contributed by atoms with E-state index >= 15 is 0 Å². The molecule has 24 heavy (non-hydrogen) atoms. The number of benzene rings is 2. The van der Waals surface area contributed by atoms with Crippen molar-refractivity contribution in [2.45, 2.75) is 24.7 Å². The van der Waals surface area contributed by atoms with E-state index in [2.05, 4.69) is 16.7 Å². The number of para-hydroxylation sites is 2. The number of anilines is 1. The fourth-order valence-corrected chi connectivity index (χ4v) is 3.57. The molecule has 0 aliphatic rings. The number of rotatable bonds is 6. The van der Waals surface area contributed by atoms with E-state index in [1.807, 2.05) is 24.3 Å². The second kappa shape index (κ2) is 6.88. The molecule has 1 aromatic heterocycles. The summed E-state index contributed by atoms with van der Waals surface area (Å²) in [7, 11) is -3.65. The lowest BCUT2D eigenvalue weighted by atomic mass is 10.1. The largest absolute Gasteiger partial charge is 0.277 e. The van der Waals surface area contributed by atoms with E-state index in [1.54, 1.807) is 47.4 Å². The molecule has 0 saturated heterocycles. The van der Waals surface area contributed by atoms with Crippen molar-refractivity contribution in [2.24, 2.45) is 0 Å². The van der Waals surface area contributed by atoms with Gasteiger partial charge in [-0.3, -0.25) is 4.72 Å². The third-order valence-corrected chi connectivity index (χ3v) is 5.05. The number of aryl methyl sites for hydroxylation is 1. The molecule has 0 spiro atoms. The summed E-state index contributed by atoms with van der Waals surface area (Å²) in [6.07, 6.45) is 5.39. The topological polar surface area (TPSA) is 64.0 Å². The first kappa shape index (κ1) is 16.3. The second-order valence-electron chi connectivity index (χ2n) is 5.47. The first-order chi connectivity index (χ1) is 11.6. The molecule has 0 bridgehead atoms. The van der Waals surface area contributed by atoms with Crippen LogP contribution in [0.4, 0.5) is 5.69 Å². The standard InChI is InChI=1S/C18H19N3O2S/c1-2-6-15-9-11-16(12-10-15)24(22,23)20-17-7-3-4-8-18(17)21-14-5-13-19-21/h3-5,7-14,20H,2,6H2,1H3. The quantitative estimate of drug-likeness (QED) is 0.745. The van der Waals surface area contributed by atoms with Gasteiger partial charge in [0.25, 0.3) is 10.0 Å². The first-order valence-electron chi connectivity index (χ1n) is 7.81. The summed E-state index contributed by atoms with van der Waals surface area (Å²) in [5.74, 6) is 0. The number of sulfonamides is 1. The SMILES string of the molecule is CCCc1ccc(S(=O)(=O)Nc2ccccc2-n2cccn2)cc1. The summed E-state index contributed by atoms with van der Waals surface area (Å²) < 4.78 is 29.6. The fourth-order valence-electron chi connectivity index (χ4n) is 2.50. The number of hydrogen-bond donors (Lipinski definition) is 1. The summed E-state index contributed by atoms with van der Waals surface area (Å²) in [5, 5.41) is 4.16. The van der Waals surface area contributed by atoms with Crippen molar-refractivity contribution in [3.05, 3.63) is 72.6 Å². The van der Waals surface area contributed by atoms with Crippen LogP contribution in [0.2, 0.25) is 0 Å². The maximum absolute atomic E-state index is 12.7. The lowest BCUT2D eigenvalue weighted by Crippen LogP contribution is -2.14. The summed E-state index contributed by atoms with van der Waals surface area (Å²) in [6.45, 7) is 2.10. The van der Waals surface area contributed by atoms with Crippen LogP contribution in [0.3, 0.4) is 0 Å². The van der Waals surface area contributed by atoms with Gasteiger partial charge in [-0.1, -0.05) is 37.6 Å². The molecule has 0 aliphatic carbocycles. The summed E-state index contributed by atoms with van der Waals surface area (Å²) >= 11 is 0. The molecular weight excluding hydrogens is 322 g/mol. The number of hydrogen-bond acceptors (Lipinski definition) is 3. The molecule has 0 saturated carbocycles. The molecule has 2 aromatic carbocycles. The summed E-state index contributed by atoms with van der Waals surface area (Å²) in [4.78, 5) is 0.248. The Morgan fingerprint density at radius 3 is 2.46 bits per heavy atom. The smallest absolute Gasteiger partial charge is 0.261 e.